The van der Waals surface area contributed by atoms with Crippen LogP contribution >= 0.6 is 12.4 Å². The monoisotopic (exact) mass is 286 g/mol. The first kappa shape index (κ1) is 17.7. The van der Waals surface area contributed by atoms with E-state index in [9.17, 15) is 4.79 Å². The molecule has 0 saturated heterocycles. The van der Waals surface area contributed by atoms with Gasteiger partial charge in [0.1, 0.15) is 5.75 Å². The Bertz CT molecular complexity index is 391. The van der Waals surface area contributed by atoms with Gasteiger partial charge in [-0.2, -0.15) is 0 Å². The number of rotatable bonds is 6. The molecule has 108 valence electrons. The molecule has 1 rings (SSSR count). The minimum Gasteiger partial charge on any atom is -0.497 e. The van der Waals surface area contributed by atoms with Gasteiger partial charge in [-0.3, -0.25) is 4.79 Å². The standard InChI is InChI=1S/C14H22N2O2.ClH/c1-14(2,10-16-13(17)9-15-3)11-5-7-12(18-4)8-6-11;/h5-8,15H,9-10H2,1-4H3,(H,16,17);1H. The lowest BCUT2D eigenvalue weighted by atomic mass is 9.84. The molecule has 1 amide bonds. The highest BCUT2D eigenvalue weighted by Crippen LogP contribution is 2.24. The van der Waals surface area contributed by atoms with Crippen LogP contribution in [-0.4, -0.2) is 33.2 Å². The molecular weight excluding hydrogens is 264 g/mol. The number of likely N-dealkylation sites (N-methyl/N-ethyl adjacent to an activating group) is 1. The Balaban J connectivity index is 0.00000324. The van der Waals surface area contributed by atoms with Crippen molar-refractivity contribution in [1.29, 1.82) is 0 Å². The lowest BCUT2D eigenvalue weighted by Gasteiger charge is -2.25. The molecule has 1 aromatic carbocycles. The molecule has 2 N–H and O–H groups in total. The minimum absolute atomic E-state index is 0. The van der Waals surface area contributed by atoms with Crippen molar-refractivity contribution in [2.24, 2.45) is 0 Å². The van der Waals surface area contributed by atoms with Gasteiger partial charge in [0, 0.05) is 12.0 Å². The van der Waals surface area contributed by atoms with E-state index in [0.29, 0.717) is 13.1 Å². The maximum atomic E-state index is 11.4. The summed E-state index contributed by atoms with van der Waals surface area (Å²) in [6, 6.07) is 7.94. The van der Waals surface area contributed by atoms with Crippen LogP contribution in [0.2, 0.25) is 0 Å². The maximum Gasteiger partial charge on any atom is 0.233 e. The zero-order valence-corrected chi connectivity index (χ0v) is 12.8. The van der Waals surface area contributed by atoms with Crippen molar-refractivity contribution < 1.29 is 9.53 Å². The van der Waals surface area contributed by atoms with Crippen LogP contribution in [0.25, 0.3) is 0 Å². The second-order valence-electron chi connectivity index (χ2n) is 4.92. The van der Waals surface area contributed by atoms with Gasteiger partial charge in [0.2, 0.25) is 5.91 Å². The number of methoxy groups -OCH3 is 1. The van der Waals surface area contributed by atoms with Crippen LogP contribution < -0.4 is 15.4 Å². The third-order valence-electron chi connectivity index (χ3n) is 2.94. The molecule has 0 radical (unpaired) electrons. The highest BCUT2D eigenvalue weighted by Gasteiger charge is 2.21. The van der Waals surface area contributed by atoms with Crippen LogP contribution in [0.3, 0.4) is 0 Å². The Kier molecular flexibility index (Phi) is 7.49. The van der Waals surface area contributed by atoms with Crippen molar-refractivity contribution in [2.75, 3.05) is 27.2 Å². The first-order valence-electron chi connectivity index (χ1n) is 6.05. The molecule has 0 heterocycles. The smallest absolute Gasteiger partial charge is 0.233 e. The SMILES string of the molecule is CNCC(=O)NCC(C)(C)c1ccc(OC)cc1.Cl. The van der Waals surface area contributed by atoms with Crippen molar-refractivity contribution in [3.8, 4) is 5.75 Å². The van der Waals surface area contributed by atoms with Crippen LogP contribution in [0, 0.1) is 0 Å². The van der Waals surface area contributed by atoms with Gasteiger partial charge >= 0.3 is 0 Å². The topological polar surface area (TPSA) is 50.4 Å². The second kappa shape index (κ2) is 8.02. The van der Waals surface area contributed by atoms with Gasteiger partial charge in [-0.05, 0) is 24.7 Å². The van der Waals surface area contributed by atoms with E-state index in [2.05, 4.69) is 24.5 Å². The Morgan fingerprint density at radius 1 is 1.26 bits per heavy atom. The lowest BCUT2D eigenvalue weighted by Crippen LogP contribution is -2.40. The fraction of sp³-hybridized carbons (Fsp3) is 0.500. The van der Waals surface area contributed by atoms with Crippen molar-refractivity contribution in [1.82, 2.24) is 10.6 Å². The molecule has 4 nitrogen and oxygen atoms in total. The van der Waals surface area contributed by atoms with Crippen LogP contribution in [0.5, 0.6) is 5.75 Å². The van der Waals surface area contributed by atoms with Crippen molar-refractivity contribution in [3.05, 3.63) is 29.8 Å². The van der Waals surface area contributed by atoms with Gasteiger partial charge in [-0.25, -0.2) is 0 Å². The fourth-order valence-electron chi connectivity index (χ4n) is 1.69. The summed E-state index contributed by atoms with van der Waals surface area (Å²) < 4.78 is 5.13. The quantitative estimate of drug-likeness (QED) is 0.837. The summed E-state index contributed by atoms with van der Waals surface area (Å²) in [6.07, 6.45) is 0. The third-order valence-corrected chi connectivity index (χ3v) is 2.94. The van der Waals surface area contributed by atoms with Crippen molar-refractivity contribution in [3.63, 3.8) is 0 Å². The average molecular weight is 287 g/mol. The van der Waals surface area contributed by atoms with Gasteiger partial charge < -0.3 is 15.4 Å². The summed E-state index contributed by atoms with van der Waals surface area (Å²) in [7, 11) is 3.41. The molecule has 0 saturated carbocycles. The molecule has 5 heteroatoms. The zero-order valence-electron chi connectivity index (χ0n) is 11.9. The van der Waals surface area contributed by atoms with E-state index < -0.39 is 0 Å². The number of benzene rings is 1. The Morgan fingerprint density at radius 2 is 1.84 bits per heavy atom. The van der Waals surface area contributed by atoms with Crippen LogP contribution in [-0.2, 0) is 10.2 Å². The number of hydrogen-bond donors (Lipinski definition) is 2. The van der Waals surface area contributed by atoms with Crippen LogP contribution in [0.1, 0.15) is 19.4 Å². The Hall–Kier alpha value is -1.26. The summed E-state index contributed by atoms with van der Waals surface area (Å²) in [5.41, 5.74) is 1.07. The summed E-state index contributed by atoms with van der Waals surface area (Å²) in [5.74, 6) is 0.854. The molecule has 1 aromatic rings. The van der Waals surface area contributed by atoms with Gasteiger partial charge in [-0.15, -0.1) is 12.4 Å². The minimum atomic E-state index is -0.102. The summed E-state index contributed by atoms with van der Waals surface area (Å²) >= 11 is 0. The number of carbonyl (C=O) groups is 1. The number of nitrogens with one attached hydrogen (secondary N) is 2. The predicted octanol–water partition coefficient (Wildman–Crippen LogP) is 1.73. The summed E-state index contributed by atoms with van der Waals surface area (Å²) in [6.45, 7) is 5.17. The molecule has 0 bridgehead atoms. The van der Waals surface area contributed by atoms with Gasteiger partial charge in [0.25, 0.3) is 0 Å². The maximum absolute atomic E-state index is 11.4. The largest absolute Gasteiger partial charge is 0.497 e. The predicted molar refractivity (Wildman–Crippen MR) is 80.2 cm³/mol. The number of ether oxygens (including phenoxy) is 1. The lowest BCUT2D eigenvalue weighted by molar-refractivity contribution is -0.120. The van der Waals surface area contributed by atoms with Crippen LogP contribution in [0.4, 0.5) is 0 Å². The molecule has 0 aliphatic heterocycles. The van der Waals surface area contributed by atoms with E-state index in [-0.39, 0.29) is 23.7 Å². The number of hydrogen-bond acceptors (Lipinski definition) is 3. The molecule has 0 aliphatic rings. The van der Waals surface area contributed by atoms with E-state index in [1.807, 2.05) is 24.3 Å². The molecule has 0 unspecified atom stereocenters. The van der Waals surface area contributed by atoms with Crippen LogP contribution in [0.15, 0.2) is 24.3 Å². The fourth-order valence-corrected chi connectivity index (χ4v) is 1.69. The average Bonchev–Trinajstić information content (AvgIpc) is 2.37. The van der Waals surface area contributed by atoms with E-state index in [4.69, 9.17) is 4.74 Å². The Morgan fingerprint density at radius 3 is 2.32 bits per heavy atom. The molecule has 0 atom stereocenters. The first-order valence-corrected chi connectivity index (χ1v) is 6.05. The van der Waals surface area contributed by atoms with E-state index in [0.717, 1.165) is 5.75 Å². The van der Waals surface area contributed by atoms with E-state index >= 15 is 0 Å². The van der Waals surface area contributed by atoms with E-state index in [1.165, 1.54) is 5.56 Å². The van der Waals surface area contributed by atoms with Crippen molar-refractivity contribution in [2.45, 2.75) is 19.3 Å². The molecular formula is C14H23ClN2O2. The number of carbonyl (C=O) groups excluding carboxylic acids is 1. The summed E-state index contributed by atoms with van der Waals surface area (Å²) in [5, 5.41) is 5.75. The number of amides is 1. The molecule has 19 heavy (non-hydrogen) atoms. The molecule has 0 spiro atoms. The highest BCUT2D eigenvalue weighted by molar-refractivity contribution is 5.85. The van der Waals surface area contributed by atoms with Crippen molar-refractivity contribution >= 4 is 18.3 Å². The second-order valence-corrected chi connectivity index (χ2v) is 4.92. The highest BCUT2D eigenvalue weighted by atomic mass is 35.5. The zero-order chi connectivity index (χ0) is 13.6. The number of halogens is 1. The van der Waals surface area contributed by atoms with Gasteiger partial charge in [0.05, 0.1) is 13.7 Å². The molecule has 0 fully saturated rings. The van der Waals surface area contributed by atoms with Gasteiger partial charge in [-0.1, -0.05) is 26.0 Å². The summed E-state index contributed by atoms with van der Waals surface area (Å²) in [4.78, 5) is 11.4. The van der Waals surface area contributed by atoms with E-state index in [1.54, 1.807) is 14.2 Å². The molecule has 0 aliphatic carbocycles. The molecule has 0 aromatic heterocycles. The third kappa shape index (κ3) is 5.49. The van der Waals surface area contributed by atoms with Gasteiger partial charge in [0.15, 0.2) is 0 Å². The Labute approximate surface area is 121 Å². The first-order chi connectivity index (χ1) is 8.49. The normalized spacial score (nSPS) is 10.5.